The molecular formula is C17H27N5S. The number of thiophene rings is 1. The fourth-order valence-corrected chi connectivity index (χ4v) is 3.70. The predicted molar refractivity (Wildman–Crippen MR) is 98.4 cm³/mol. The Morgan fingerprint density at radius 1 is 1.26 bits per heavy atom. The molecule has 1 aliphatic rings. The molecule has 1 fully saturated rings. The first-order valence-electron chi connectivity index (χ1n) is 8.57. The number of fused-ring (bicyclic) bond motifs is 1. The summed E-state index contributed by atoms with van der Waals surface area (Å²) in [6.45, 7) is 10.3. The largest absolute Gasteiger partial charge is 0.367 e. The van der Waals surface area contributed by atoms with Gasteiger partial charge in [-0.15, -0.1) is 11.3 Å². The molecule has 1 N–H and O–H groups in total. The van der Waals surface area contributed by atoms with Crippen molar-refractivity contribution in [3.63, 3.8) is 0 Å². The van der Waals surface area contributed by atoms with E-state index in [9.17, 15) is 0 Å². The van der Waals surface area contributed by atoms with Crippen molar-refractivity contribution < 1.29 is 0 Å². The summed E-state index contributed by atoms with van der Waals surface area (Å²) in [5.41, 5.74) is 0. The van der Waals surface area contributed by atoms with Crippen LogP contribution in [0.3, 0.4) is 0 Å². The van der Waals surface area contributed by atoms with Gasteiger partial charge in [-0.2, -0.15) is 0 Å². The molecule has 0 radical (unpaired) electrons. The van der Waals surface area contributed by atoms with Gasteiger partial charge in [0.1, 0.15) is 16.5 Å². The normalized spacial score (nSPS) is 18.4. The fraction of sp³-hybridized carbons (Fsp3) is 0.647. The molecule has 0 amide bonds. The van der Waals surface area contributed by atoms with Gasteiger partial charge in [-0.05, 0) is 31.8 Å². The second-order valence-electron chi connectivity index (χ2n) is 6.46. The highest BCUT2D eigenvalue weighted by atomic mass is 32.1. The van der Waals surface area contributed by atoms with Crippen molar-refractivity contribution >= 4 is 27.4 Å². The van der Waals surface area contributed by atoms with Gasteiger partial charge >= 0.3 is 0 Å². The molecule has 6 heteroatoms. The summed E-state index contributed by atoms with van der Waals surface area (Å²) in [7, 11) is 2.20. The Balaban J connectivity index is 1.59. The molecule has 126 valence electrons. The maximum absolute atomic E-state index is 4.70. The van der Waals surface area contributed by atoms with E-state index >= 15 is 0 Å². The van der Waals surface area contributed by atoms with E-state index in [-0.39, 0.29) is 0 Å². The molecule has 1 aliphatic heterocycles. The summed E-state index contributed by atoms with van der Waals surface area (Å²) in [6.07, 6.45) is 2.01. The number of aromatic nitrogens is 2. The van der Waals surface area contributed by atoms with E-state index in [1.807, 2.05) is 0 Å². The summed E-state index contributed by atoms with van der Waals surface area (Å²) < 4.78 is 0. The fourth-order valence-electron chi connectivity index (χ4n) is 2.92. The molecule has 2 aromatic heterocycles. The lowest BCUT2D eigenvalue weighted by atomic mass is 10.2. The summed E-state index contributed by atoms with van der Waals surface area (Å²) in [4.78, 5) is 15.4. The molecule has 0 aromatic carbocycles. The maximum atomic E-state index is 4.70. The first-order chi connectivity index (χ1) is 11.2. The van der Waals surface area contributed by atoms with Crippen LogP contribution in [0, 0.1) is 0 Å². The van der Waals surface area contributed by atoms with Crippen LogP contribution in [0.25, 0.3) is 10.2 Å². The zero-order valence-electron chi connectivity index (χ0n) is 14.4. The molecule has 3 rings (SSSR count). The van der Waals surface area contributed by atoms with Crippen LogP contribution in [0.5, 0.6) is 0 Å². The number of rotatable bonds is 6. The van der Waals surface area contributed by atoms with Crippen LogP contribution in [0.2, 0.25) is 0 Å². The third-order valence-electron chi connectivity index (χ3n) is 4.54. The monoisotopic (exact) mass is 333 g/mol. The standard InChI is InChI=1S/C17H27N5S/c1-4-15-19-16(14-6-12-23-17(14)20-15)18-13(2)5-7-22-10-8-21(3)9-11-22/h6,12-13H,4-5,7-11H2,1-3H3,(H,18,19,20). The molecule has 3 heterocycles. The van der Waals surface area contributed by atoms with Gasteiger partial charge in [0, 0.05) is 45.2 Å². The van der Waals surface area contributed by atoms with Crippen molar-refractivity contribution in [3.05, 3.63) is 17.3 Å². The first-order valence-corrected chi connectivity index (χ1v) is 9.45. The Kier molecular flexibility index (Phi) is 5.46. The van der Waals surface area contributed by atoms with E-state index in [0.717, 1.165) is 41.2 Å². The highest BCUT2D eigenvalue weighted by Gasteiger charge is 2.15. The minimum absolute atomic E-state index is 0.414. The number of anilines is 1. The smallest absolute Gasteiger partial charge is 0.138 e. The van der Waals surface area contributed by atoms with Crippen LogP contribution in [0.4, 0.5) is 5.82 Å². The molecule has 0 spiro atoms. The lowest BCUT2D eigenvalue weighted by Crippen LogP contribution is -2.45. The summed E-state index contributed by atoms with van der Waals surface area (Å²) in [5.74, 6) is 1.92. The van der Waals surface area contributed by atoms with Crippen LogP contribution < -0.4 is 5.32 Å². The average molecular weight is 334 g/mol. The van der Waals surface area contributed by atoms with Gasteiger partial charge in [0.2, 0.25) is 0 Å². The van der Waals surface area contributed by atoms with Gasteiger partial charge < -0.3 is 15.1 Å². The van der Waals surface area contributed by atoms with Crippen molar-refractivity contribution in [2.24, 2.45) is 0 Å². The van der Waals surface area contributed by atoms with Crippen LogP contribution >= 0.6 is 11.3 Å². The number of hydrogen-bond acceptors (Lipinski definition) is 6. The quantitative estimate of drug-likeness (QED) is 0.880. The molecular weight excluding hydrogens is 306 g/mol. The molecule has 5 nitrogen and oxygen atoms in total. The van der Waals surface area contributed by atoms with Crippen LogP contribution in [0.1, 0.15) is 26.1 Å². The van der Waals surface area contributed by atoms with Gasteiger partial charge in [0.15, 0.2) is 0 Å². The lowest BCUT2D eigenvalue weighted by Gasteiger charge is -2.33. The van der Waals surface area contributed by atoms with Crippen LogP contribution in [-0.2, 0) is 6.42 Å². The van der Waals surface area contributed by atoms with Gasteiger partial charge in [-0.25, -0.2) is 9.97 Å². The Morgan fingerprint density at radius 3 is 2.78 bits per heavy atom. The van der Waals surface area contributed by atoms with E-state index in [1.165, 1.54) is 26.2 Å². The third-order valence-corrected chi connectivity index (χ3v) is 5.35. The van der Waals surface area contributed by atoms with Crippen molar-refractivity contribution in [1.29, 1.82) is 0 Å². The Hall–Kier alpha value is -1.24. The van der Waals surface area contributed by atoms with Gasteiger partial charge in [-0.1, -0.05) is 6.92 Å². The van der Waals surface area contributed by atoms with E-state index in [1.54, 1.807) is 11.3 Å². The van der Waals surface area contributed by atoms with Gasteiger partial charge in [0.25, 0.3) is 0 Å². The molecule has 2 aromatic rings. The average Bonchev–Trinajstić information content (AvgIpc) is 3.03. The molecule has 1 atom stereocenters. The molecule has 1 unspecified atom stereocenters. The minimum Gasteiger partial charge on any atom is -0.367 e. The van der Waals surface area contributed by atoms with E-state index in [0.29, 0.717) is 6.04 Å². The molecule has 23 heavy (non-hydrogen) atoms. The summed E-state index contributed by atoms with van der Waals surface area (Å²) >= 11 is 1.69. The molecule has 0 bridgehead atoms. The highest BCUT2D eigenvalue weighted by Crippen LogP contribution is 2.26. The van der Waals surface area contributed by atoms with Gasteiger partial charge in [-0.3, -0.25) is 0 Å². The molecule has 0 saturated carbocycles. The Morgan fingerprint density at radius 2 is 2.04 bits per heavy atom. The van der Waals surface area contributed by atoms with Crippen LogP contribution in [-0.4, -0.2) is 65.6 Å². The van der Waals surface area contributed by atoms with Crippen molar-refractivity contribution in [3.8, 4) is 0 Å². The Bertz CT molecular complexity index is 633. The maximum Gasteiger partial charge on any atom is 0.138 e. The number of nitrogens with one attached hydrogen (secondary N) is 1. The highest BCUT2D eigenvalue weighted by molar-refractivity contribution is 7.16. The van der Waals surface area contributed by atoms with E-state index in [4.69, 9.17) is 4.98 Å². The number of hydrogen-bond donors (Lipinski definition) is 1. The Labute approximate surface area is 142 Å². The number of aryl methyl sites for hydroxylation is 1. The zero-order valence-corrected chi connectivity index (χ0v) is 15.2. The number of piperazine rings is 1. The summed E-state index contributed by atoms with van der Waals surface area (Å²) in [6, 6.07) is 2.53. The second kappa shape index (κ2) is 7.55. The first kappa shape index (κ1) is 16.6. The third kappa shape index (κ3) is 4.19. The number of nitrogens with zero attached hydrogens (tertiary/aromatic N) is 4. The SMILES string of the molecule is CCc1nc(NC(C)CCN2CCN(C)CC2)c2ccsc2n1. The number of likely N-dealkylation sites (N-methyl/N-ethyl adjacent to an activating group) is 1. The topological polar surface area (TPSA) is 44.3 Å². The van der Waals surface area contributed by atoms with Gasteiger partial charge in [0.05, 0.1) is 5.39 Å². The second-order valence-corrected chi connectivity index (χ2v) is 7.35. The molecule has 0 aliphatic carbocycles. The molecule has 1 saturated heterocycles. The van der Waals surface area contributed by atoms with E-state index < -0.39 is 0 Å². The lowest BCUT2D eigenvalue weighted by molar-refractivity contribution is 0.151. The predicted octanol–water partition coefficient (Wildman–Crippen LogP) is 2.69. The zero-order chi connectivity index (χ0) is 16.2. The minimum atomic E-state index is 0.414. The van der Waals surface area contributed by atoms with E-state index in [2.05, 4.69) is 52.4 Å². The van der Waals surface area contributed by atoms with Crippen LogP contribution in [0.15, 0.2) is 11.4 Å². The van der Waals surface area contributed by atoms with Crippen molar-refractivity contribution in [1.82, 2.24) is 19.8 Å². The van der Waals surface area contributed by atoms with Crippen molar-refractivity contribution in [2.75, 3.05) is 45.1 Å². The van der Waals surface area contributed by atoms with Crippen molar-refractivity contribution in [2.45, 2.75) is 32.7 Å². The summed E-state index contributed by atoms with van der Waals surface area (Å²) in [5, 5.41) is 6.86.